The van der Waals surface area contributed by atoms with Crippen molar-refractivity contribution in [2.75, 3.05) is 0 Å². The number of rotatable bonds is 16. The molecule has 0 aliphatic rings. The summed E-state index contributed by atoms with van der Waals surface area (Å²) in [6.45, 7) is 2.27. The number of hydrogen-bond acceptors (Lipinski definition) is 2. The van der Waals surface area contributed by atoms with E-state index in [0.29, 0.717) is 28.9 Å². The van der Waals surface area contributed by atoms with Gasteiger partial charge in [-0.2, -0.15) is 0 Å². The number of aliphatic carboxylic acids is 1. The van der Waals surface area contributed by atoms with E-state index in [2.05, 4.69) is 6.92 Å². The molecule has 130 valence electrons. The third kappa shape index (κ3) is 25.0. The molecule has 0 saturated heterocycles. The van der Waals surface area contributed by atoms with E-state index in [1.807, 2.05) is 0 Å². The Labute approximate surface area is 151 Å². The summed E-state index contributed by atoms with van der Waals surface area (Å²) in [5.74, 6) is -0.653. The predicted molar refractivity (Wildman–Crippen MR) is 93.6 cm³/mol. The predicted octanol–water partition coefficient (Wildman–Crippen LogP) is 5.83. The van der Waals surface area contributed by atoms with E-state index in [1.165, 1.54) is 83.5 Å². The first-order valence-electron chi connectivity index (χ1n) is 9.19. The van der Waals surface area contributed by atoms with Crippen LogP contribution in [0.3, 0.4) is 0 Å². The second kappa shape index (κ2) is 23.3. The van der Waals surface area contributed by atoms with E-state index < -0.39 is 5.97 Å². The van der Waals surface area contributed by atoms with Crippen LogP contribution in [0, 0.1) is 0 Å². The Morgan fingerprint density at radius 3 is 1.18 bits per heavy atom. The Bertz CT molecular complexity index is 222. The molecule has 0 fully saturated rings. The van der Waals surface area contributed by atoms with E-state index >= 15 is 0 Å². The molecule has 22 heavy (non-hydrogen) atoms. The molecule has 0 heterocycles. The number of unbranched alkanes of at least 4 members (excludes halogenated alkanes) is 14. The Morgan fingerprint density at radius 2 is 0.909 bits per heavy atom. The zero-order chi connectivity index (χ0) is 16.9. The summed E-state index contributed by atoms with van der Waals surface area (Å²) in [7, 11) is 0. The number of hydrogen-bond donors (Lipinski definition) is 1. The minimum absolute atomic E-state index is 0.300. The van der Waals surface area contributed by atoms with Gasteiger partial charge in [-0.3, -0.25) is 4.79 Å². The first kappa shape index (κ1) is 24.3. The van der Waals surface area contributed by atoms with E-state index in [0.717, 1.165) is 12.8 Å². The Balaban J connectivity index is 0. The van der Waals surface area contributed by atoms with E-state index in [9.17, 15) is 4.79 Å². The molecule has 0 bridgehead atoms. The van der Waals surface area contributed by atoms with Crippen LogP contribution in [-0.4, -0.2) is 33.6 Å². The molecular formula is C18H36O3Sn. The second-order valence-electron chi connectivity index (χ2n) is 6.09. The summed E-state index contributed by atoms with van der Waals surface area (Å²) in [5.41, 5.74) is 0. The summed E-state index contributed by atoms with van der Waals surface area (Å²) in [5, 5.41) is 8.52. The van der Waals surface area contributed by atoms with Crippen molar-refractivity contribution >= 4 is 28.5 Å². The topological polar surface area (TPSA) is 54.4 Å². The fourth-order valence-corrected chi connectivity index (χ4v) is 2.65. The molecule has 0 spiro atoms. The van der Waals surface area contributed by atoms with Gasteiger partial charge in [0.2, 0.25) is 0 Å². The molecule has 0 aromatic rings. The van der Waals surface area contributed by atoms with Crippen LogP contribution in [0.25, 0.3) is 0 Å². The monoisotopic (exact) mass is 420 g/mol. The van der Waals surface area contributed by atoms with Crippen molar-refractivity contribution in [2.45, 2.75) is 110 Å². The summed E-state index contributed by atoms with van der Waals surface area (Å²) in [6, 6.07) is 0. The van der Waals surface area contributed by atoms with Gasteiger partial charge < -0.3 is 5.11 Å². The average molecular weight is 419 g/mol. The van der Waals surface area contributed by atoms with Crippen molar-refractivity contribution in [2.24, 2.45) is 0 Å². The van der Waals surface area contributed by atoms with Crippen molar-refractivity contribution in [1.82, 2.24) is 0 Å². The molecule has 0 rings (SSSR count). The van der Waals surface area contributed by atoms with Gasteiger partial charge in [0.1, 0.15) is 0 Å². The van der Waals surface area contributed by atoms with Gasteiger partial charge in [-0.15, -0.1) is 0 Å². The molecule has 4 heteroatoms. The van der Waals surface area contributed by atoms with Crippen molar-refractivity contribution < 1.29 is 13.0 Å². The fourth-order valence-electron chi connectivity index (χ4n) is 2.65. The summed E-state index contributed by atoms with van der Waals surface area (Å²) in [4.78, 5) is 10.3. The molecule has 0 aliphatic heterocycles. The molecule has 0 aromatic carbocycles. The van der Waals surface area contributed by atoms with Crippen LogP contribution in [0.4, 0.5) is 0 Å². The SMILES string of the molecule is CCCCCCCCCCCCCCCCCC(=O)O.[O]=[Sn]. The van der Waals surface area contributed by atoms with E-state index in [4.69, 9.17) is 8.18 Å². The van der Waals surface area contributed by atoms with Gasteiger partial charge >= 0.3 is 31.6 Å². The average Bonchev–Trinajstić information content (AvgIpc) is 2.53. The van der Waals surface area contributed by atoms with Crippen LogP contribution < -0.4 is 0 Å². The zero-order valence-corrected chi connectivity index (χ0v) is 17.4. The number of carboxylic acid groups (broad SMARTS) is 1. The van der Waals surface area contributed by atoms with Crippen LogP contribution in [0.2, 0.25) is 0 Å². The van der Waals surface area contributed by atoms with Gasteiger partial charge in [-0.25, -0.2) is 0 Å². The third-order valence-corrected chi connectivity index (χ3v) is 3.99. The zero-order valence-electron chi connectivity index (χ0n) is 14.6. The maximum absolute atomic E-state index is 10.3. The second-order valence-corrected chi connectivity index (χ2v) is 6.09. The Kier molecular flexibility index (Phi) is 25.8. The van der Waals surface area contributed by atoms with Crippen LogP contribution >= 0.6 is 0 Å². The van der Waals surface area contributed by atoms with Gasteiger partial charge in [0.25, 0.3) is 0 Å². The summed E-state index contributed by atoms with van der Waals surface area (Å²) in [6.07, 6.45) is 20.2. The molecule has 0 saturated carbocycles. The molecule has 2 radical (unpaired) electrons. The first-order chi connectivity index (χ1) is 10.8. The van der Waals surface area contributed by atoms with Gasteiger partial charge in [-0.1, -0.05) is 96.8 Å². The minimum atomic E-state index is -0.653. The molecule has 1 N–H and O–H groups in total. The fraction of sp³-hybridized carbons (Fsp3) is 0.944. The molecule has 0 atom stereocenters. The molecule has 0 aromatic heterocycles. The Morgan fingerprint density at radius 1 is 0.636 bits per heavy atom. The van der Waals surface area contributed by atoms with Crippen LogP contribution in [-0.2, 0) is 7.87 Å². The van der Waals surface area contributed by atoms with Crippen LogP contribution in [0.15, 0.2) is 0 Å². The molecule has 0 aliphatic carbocycles. The van der Waals surface area contributed by atoms with Crippen molar-refractivity contribution in [1.29, 1.82) is 0 Å². The molecule has 0 amide bonds. The van der Waals surface area contributed by atoms with Crippen molar-refractivity contribution in [3.05, 3.63) is 0 Å². The van der Waals surface area contributed by atoms with Crippen molar-refractivity contribution in [3.8, 4) is 0 Å². The standard InChI is InChI=1S/C18H36O2.O.Sn/c1-2-3-4-5-6-7-8-9-10-11-12-13-14-15-16-17-18(19)20;;/h2-17H2,1H3,(H,19,20);;. The quantitative estimate of drug-likeness (QED) is 0.253. The van der Waals surface area contributed by atoms with Gasteiger partial charge in [0.15, 0.2) is 0 Å². The Hall–Kier alpha value is 0.0687. The number of carboxylic acids is 1. The molecular weight excluding hydrogens is 383 g/mol. The summed E-state index contributed by atoms with van der Waals surface area (Å²) >= 11 is 0.300. The van der Waals surface area contributed by atoms with Gasteiger partial charge in [-0.05, 0) is 6.42 Å². The van der Waals surface area contributed by atoms with Crippen molar-refractivity contribution in [3.63, 3.8) is 0 Å². The van der Waals surface area contributed by atoms with Gasteiger partial charge in [0.05, 0.1) is 0 Å². The summed E-state index contributed by atoms with van der Waals surface area (Å²) < 4.78 is 8.34. The molecule has 3 nitrogen and oxygen atoms in total. The molecule has 0 unspecified atom stereocenters. The van der Waals surface area contributed by atoms with E-state index in [1.54, 1.807) is 0 Å². The number of carbonyl (C=O) groups is 1. The van der Waals surface area contributed by atoms with Gasteiger partial charge in [0, 0.05) is 6.42 Å². The maximum atomic E-state index is 10.3. The normalized spacial score (nSPS) is 10.0. The first-order valence-corrected chi connectivity index (χ1v) is 10.4. The van der Waals surface area contributed by atoms with Crippen LogP contribution in [0.1, 0.15) is 110 Å². The van der Waals surface area contributed by atoms with Crippen LogP contribution in [0.5, 0.6) is 0 Å². The van der Waals surface area contributed by atoms with E-state index in [-0.39, 0.29) is 0 Å². The third-order valence-electron chi connectivity index (χ3n) is 3.99.